The maximum absolute atomic E-state index is 12.5. The van der Waals surface area contributed by atoms with Crippen LogP contribution in [0.2, 0.25) is 0 Å². The van der Waals surface area contributed by atoms with Crippen molar-refractivity contribution < 1.29 is 13.2 Å². The average Bonchev–Trinajstić information content (AvgIpc) is 2.01. The largest absolute Gasteiger partial charge is 0.416 e. The third-order valence-electron chi connectivity index (χ3n) is 1.75. The van der Waals surface area contributed by atoms with Gasteiger partial charge in [0.1, 0.15) is 0 Å². The zero-order valence-corrected chi connectivity index (χ0v) is 10.4. The van der Waals surface area contributed by atoms with Crippen molar-refractivity contribution in [2.45, 2.75) is 17.9 Å². The van der Waals surface area contributed by atoms with Gasteiger partial charge in [-0.3, -0.25) is 0 Å². The Morgan fingerprint density at radius 2 is 1.86 bits per heavy atom. The van der Waals surface area contributed by atoms with Gasteiger partial charge >= 0.3 is 6.18 Å². The lowest BCUT2D eigenvalue weighted by Gasteiger charge is -2.14. The molecule has 0 aromatic heterocycles. The van der Waals surface area contributed by atoms with Crippen molar-refractivity contribution in [1.29, 1.82) is 0 Å². The van der Waals surface area contributed by atoms with Crippen molar-refractivity contribution in [3.05, 3.63) is 33.8 Å². The van der Waals surface area contributed by atoms with E-state index in [0.29, 0.717) is 4.47 Å². The molecular formula is C9H7Br2F3. The molecule has 1 aromatic rings. The van der Waals surface area contributed by atoms with Crippen LogP contribution in [0, 0.1) is 0 Å². The Balaban J connectivity index is 3.30. The molecule has 0 spiro atoms. The maximum Gasteiger partial charge on any atom is 0.416 e. The number of benzene rings is 1. The van der Waals surface area contributed by atoms with Gasteiger partial charge in [-0.2, -0.15) is 13.2 Å². The summed E-state index contributed by atoms with van der Waals surface area (Å²) >= 11 is 6.16. The third kappa shape index (κ3) is 2.73. The van der Waals surface area contributed by atoms with Crippen molar-refractivity contribution in [3.8, 4) is 0 Å². The Bertz CT molecular complexity index is 331. The van der Waals surface area contributed by atoms with E-state index in [9.17, 15) is 13.2 Å². The molecule has 1 rings (SSSR count). The van der Waals surface area contributed by atoms with Crippen molar-refractivity contribution in [2.75, 3.05) is 0 Å². The Kier molecular flexibility index (Phi) is 3.63. The minimum absolute atomic E-state index is 0.251. The quantitative estimate of drug-likeness (QED) is 0.640. The van der Waals surface area contributed by atoms with Crippen LogP contribution in [-0.4, -0.2) is 0 Å². The highest BCUT2D eigenvalue weighted by Crippen LogP contribution is 2.38. The van der Waals surface area contributed by atoms with Crippen molar-refractivity contribution in [1.82, 2.24) is 0 Å². The van der Waals surface area contributed by atoms with E-state index in [1.165, 1.54) is 6.07 Å². The van der Waals surface area contributed by atoms with E-state index in [1.54, 1.807) is 13.0 Å². The first-order valence-corrected chi connectivity index (χ1v) is 5.54. The summed E-state index contributed by atoms with van der Waals surface area (Å²) in [6, 6.07) is 4.15. The van der Waals surface area contributed by atoms with Gasteiger partial charge in [0.25, 0.3) is 0 Å². The van der Waals surface area contributed by atoms with Gasteiger partial charge in [-0.1, -0.05) is 37.9 Å². The van der Waals surface area contributed by atoms with E-state index in [4.69, 9.17) is 0 Å². The molecule has 0 aliphatic rings. The van der Waals surface area contributed by atoms with Crippen molar-refractivity contribution in [3.63, 3.8) is 0 Å². The molecule has 0 nitrogen and oxygen atoms in total. The summed E-state index contributed by atoms with van der Waals surface area (Å²) in [6.45, 7) is 1.67. The van der Waals surface area contributed by atoms with Gasteiger partial charge in [-0.05, 0) is 24.6 Å². The monoisotopic (exact) mass is 330 g/mol. The first kappa shape index (κ1) is 12.0. The second-order valence-corrected chi connectivity index (χ2v) is 5.13. The lowest BCUT2D eigenvalue weighted by atomic mass is 10.1. The van der Waals surface area contributed by atoms with E-state index in [0.717, 1.165) is 6.07 Å². The molecule has 1 atom stereocenters. The highest BCUT2D eigenvalue weighted by molar-refractivity contribution is 9.10. The molecule has 78 valence electrons. The minimum Gasteiger partial charge on any atom is -0.166 e. The van der Waals surface area contributed by atoms with Crippen molar-refractivity contribution in [2.24, 2.45) is 0 Å². The Hall–Kier alpha value is -0.0300. The summed E-state index contributed by atoms with van der Waals surface area (Å²) in [5.74, 6) is 0. The van der Waals surface area contributed by atoms with Crippen molar-refractivity contribution >= 4 is 31.9 Å². The van der Waals surface area contributed by atoms with Gasteiger partial charge in [0, 0.05) is 9.30 Å². The molecule has 0 saturated heterocycles. The van der Waals surface area contributed by atoms with Crippen LogP contribution in [0.1, 0.15) is 22.9 Å². The van der Waals surface area contributed by atoms with Gasteiger partial charge in [-0.25, -0.2) is 0 Å². The second kappa shape index (κ2) is 4.23. The SMILES string of the molecule is CC(Br)c1ccc(Br)cc1C(F)(F)F. The molecule has 5 heteroatoms. The smallest absolute Gasteiger partial charge is 0.166 e. The first-order valence-electron chi connectivity index (χ1n) is 3.83. The fourth-order valence-electron chi connectivity index (χ4n) is 1.12. The zero-order chi connectivity index (χ0) is 10.9. The molecule has 14 heavy (non-hydrogen) atoms. The predicted molar refractivity (Wildman–Crippen MR) is 56.5 cm³/mol. The van der Waals surface area contributed by atoms with Gasteiger partial charge < -0.3 is 0 Å². The molecule has 0 fully saturated rings. The summed E-state index contributed by atoms with van der Waals surface area (Å²) in [7, 11) is 0. The summed E-state index contributed by atoms with van der Waals surface area (Å²) in [5, 5.41) is 0. The molecule has 0 radical (unpaired) electrons. The topological polar surface area (TPSA) is 0 Å². The Morgan fingerprint density at radius 3 is 2.29 bits per heavy atom. The first-order chi connectivity index (χ1) is 6.32. The predicted octanol–water partition coefficient (Wildman–Crippen LogP) is 4.92. The highest BCUT2D eigenvalue weighted by Gasteiger charge is 2.34. The van der Waals surface area contributed by atoms with Crippen LogP contribution >= 0.6 is 31.9 Å². The normalized spacial score (nSPS) is 14.1. The van der Waals surface area contributed by atoms with E-state index < -0.39 is 11.7 Å². The number of hydrogen-bond acceptors (Lipinski definition) is 0. The van der Waals surface area contributed by atoms with Crippen LogP contribution < -0.4 is 0 Å². The molecule has 0 heterocycles. The molecule has 1 unspecified atom stereocenters. The number of rotatable bonds is 1. The van der Waals surface area contributed by atoms with Crippen LogP contribution in [-0.2, 0) is 6.18 Å². The second-order valence-electron chi connectivity index (χ2n) is 2.85. The highest BCUT2D eigenvalue weighted by atomic mass is 79.9. The summed E-state index contributed by atoms with van der Waals surface area (Å²) in [6.07, 6.45) is -4.30. The molecule has 1 aromatic carbocycles. The van der Waals surface area contributed by atoms with Crippen LogP contribution in [0.3, 0.4) is 0 Å². The standard InChI is InChI=1S/C9H7Br2F3/c1-5(10)7-3-2-6(11)4-8(7)9(12,13)14/h2-5H,1H3. The number of halogens is 5. The third-order valence-corrected chi connectivity index (χ3v) is 2.74. The zero-order valence-electron chi connectivity index (χ0n) is 7.20. The Morgan fingerprint density at radius 1 is 1.29 bits per heavy atom. The van der Waals surface area contributed by atoms with Gasteiger partial charge in [-0.15, -0.1) is 0 Å². The fraction of sp³-hybridized carbons (Fsp3) is 0.333. The van der Waals surface area contributed by atoms with Crippen LogP contribution in [0.5, 0.6) is 0 Å². The van der Waals surface area contributed by atoms with E-state index >= 15 is 0 Å². The van der Waals surface area contributed by atoms with Crippen LogP contribution in [0.15, 0.2) is 22.7 Å². The van der Waals surface area contributed by atoms with E-state index in [-0.39, 0.29) is 10.4 Å². The van der Waals surface area contributed by atoms with Gasteiger partial charge in [0.15, 0.2) is 0 Å². The molecule has 0 amide bonds. The van der Waals surface area contributed by atoms with E-state index in [2.05, 4.69) is 31.9 Å². The van der Waals surface area contributed by atoms with Crippen LogP contribution in [0.25, 0.3) is 0 Å². The fourth-order valence-corrected chi connectivity index (χ4v) is 1.88. The van der Waals surface area contributed by atoms with Gasteiger partial charge in [0.05, 0.1) is 5.56 Å². The van der Waals surface area contributed by atoms with Crippen LogP contribution in [0.4, 0.5) is 13.2 Å². The number of hydrogen-bond donors (Lipinski definition) is 0. The Labute approximate surface area is 96.8 Å². The lowest BCUT2D eigenvalue weighted by molar-refractivity contribution is -0.138. The van der Waals surface area contributed by atoms with Gasteiger partial charge in [0.2, 0.25) is 0 Å². The number of alkyl halides is 4. The minimum atomic E-state index is -4.30. The summed E-state index contributed by atoms with van der Waals surface area (Å²) in [5.41, 5.74) is -0.350. The maximum atomic E-state index is 12.5. The molecule has 0 saturated carbocycles. The molecule has 0 bridgehead atoms. The molecular weight excluding hydrogens is 325 g/mol. The van der Waals surface area contributed by atoms with E-state index in [1.807, 2.05) is 0 Å². The lowest BCUT2D eigenvalue weighted by Crippen LogP contribution is -2.09. The molecule has 0 aliphatic carbocycles. The molecule has 0 N–H and O–H groups in total. The average molecular weight is 332 g/mol. The summed E-state index contributed by atoms with van der Waals surface area (Å²) < 4.78 is 38.1. The molecule has 0 aliphatic heterocycles. The summed E-state index contributed by atoms with van der Waals surface area (Å²) in [4.78, 5) is -0.313.